The van der Waals surface area contributed by atoms with E-state index in [1.165, 1.54) is 23.5 Å². The number of sulfonamides is 1. The molecule has 1 N–H and O–H groups in total. The van der Waals surface area contributed by atoms with Crippen molar-refractivity contribution in [3.05, 3.63) is 84.9 Å². The summed E-state index contributed by atoms with van der Waals surface area (Å²) in [5.74, 6) is 0.188. The van der Waals surface area contributed by atoms with Crippen LogP contribution in [0.3, 0.4) is 0 Å². The second-order valence-electron chi connectivity index (χ2n) is 6.85. The van der Waals surface area contributed by atoms with Crippen molar-refractivity contribution in [3.8, 4) is 16.3 Å². The lowest BCUT2D eigenvalue weighted by atomic mass is 10.2. The standard InChI is InChI=1S/C23H20N4O4S2/c1-31-19-14-12-17(13-15-19)22-25-26-23(32-22)24-21(28)16-27(18-8-4-2-5-9-18)33(29,30)20-10-6-3-7-11-20/h2-15H,16H2,1H3,(H,24,26,28). The minimum absolute atomic E-state index is 0.0966. The average molecular weight is 481 g/mol. The fourth-order valence-electron chi connectivity index (χ4n) is 3.04. The summed E-state index contributed by atoms with van der Waals surface area (Å²) in [6, 6.07) is 23.8. The van der Waals surface area contributed by atoms with E-state index in [-0.39, 0.29) is 10.0 Å². The first kappa shape index (κ1) is 22.4. The first-order chi connectivity index (χ1) is 16.0. The first-order valence-corrected chi connectivity index (χ1v) is 12.1. The Morgan fingerprint density at radius 3 is 2.21 bits per heavy atom. The van der Waals surface area contributed by atoms with Crippen LogP contribution in [-0.4, -0.2) is 38.2 Å². The molecule has 1 amide bonds. The molecule has 0 atom stereocenters. The summed E-state index contributed by atoms with van der Waals surface area (Å²) in [6.07, 6.45) is 0. The van der Waals surface area contributed by atoms with Gasteiger partial charge in [-0.1, -0.05) is 47.7 Å². The van der Waals surface area contributed by atoms with Gasteiger partial charge in [0.05, 0.1) is 17.7 Å². The summed E-state index contributed by atoms with van der Waals surface area (Å²) in [6.45, 7) is -0.418. The zero-order valence-electron chi connectivity index (χ0n) is 17.6. The van der Waals surface area contributed by atoms with Crippen LogP contribution >= 0.6 is 11.3 Å². The number of carbonyl (C=O) groups is 1. The second-order valence-corrected chi connectivity index (χ2v) is 9.69. The van der Waals surface area contributed by atoms with Crippen LogP contribution in [0.4, 0.5) is 10.8 Å². The van der Waals surface area contributed by atoms with Crippen molar-refractivity contribution < 1.29 is 17.9 Å². The van der Waals surface area contributed by atoms with Crippen LogP contribution in [0, 0.1) is 0 Å². The quantitative estimate of drug-likeness (QED) is 0.408. The predicted molar refractivity (Wildman–Crippen MR) is 128 cm³/mol. The first-order valence-electron chi connectivity index (χ1n) is 9.88. The van der Waals surface area contributed by atoms with Crippen molar-refractivity contribution >= 4 is 38.1 Å². The number of nitrogens with one attached hydrogen (secondary N) is 1. The Morgan fingerprint density at radius 2 is 1.58 bits per heavy atom. The summed E-state index contributed by atoms with van der Waals surface area (Å²) < 4.78 is 32.8. The molecule has 1 heterocycles. The van der Waals surface area contributed by atoms with E-state index in [1.54, 1.807) is 67.8 Å². The molecule has 0 saturated heterocycles. The van der Waals surface area contributed by atoms with Gasteiger partial charge in [-0.3, -0.25) is 14.4 Å². The Morgan fingerprint density at radius 1 is 0.939 bits per heavy atom. The van der Waals surface area contributed by atoms with Gasteiger partial charge < -0.3 is 4.74 Å². The molecule has 4 aromatic rings. The maximum atomic E-state index is 13.3. The van der Waals surface area contributed by atoms with Crippen molar-refractivity contribution in [2.45, 2.75) is 4.90 Å². The van der Waals surface area contributed by atoms with E-state index < -0.39 is 22.5 Å². The molecule has 0 radical (unpaired) electrons. The second kappa shape index (κ2) is 9.80. The van der Waals surface area contributed by atoms with Gasteiger partial charge in [0.1, 0.15) is 17.3 Å². The number of amides is 1. The zero-order chi connectivity index (χ0) is 23.3. The molecule has 0 fully saturated rings. The highest BCUT2D eigenvalue weighted by Crippen LogP contribution is 2.28. The van der Waals surface area contributed by atoms with Crippen molar-refractivity contribution in [1.29, 1.82) is 0 Å². The SMILES string of the molecule is COc1ccc(-c2nnc(NC(=O)CN(c3ccccc3)S(=O)(=O)c3ccccc3)s2)cc1. The van der Waals surface area contributed by atoms with Crippen molar-refractivity contribution in [1.82, 2.24) is 10.2 Å². The molecule has 0 bridgehead atoms. The highest BCUT2D eigenvalue weighted by molar-refractivity contribution is 7.92. The Hall–Kier alpha value is -3.76. The van der Waals surface area contributed by atoms with Gasteiger partial charge in [-0.15, -0.1) is 10.2 Å². The van der Waals surface area contributed by atoms with E-state index in [0.29, 0.717) is 10.7 Å². The molecule has 0 aliphatic rings. The number of anilines is 2. The van der Waals surface area contributed by atoms with Crippen LogP contribution in [0.5, 0.6) is 5.75 Å². The van der Waals surface area contributed by atoms with Gasteiger partial charge in [-0.05, 0) is 48.5 Å². The Bertz CT molecular complexity index is 1330. The molecule has 0 saturated carbocycles. The summed E-state index contributed by atoms with van der Waals surface area (Å²) in [5.41, 5.74) is 1.21. The monoisotopic (exact) mass is 480 g/mol. The van der Waals surface area contributed by atoms with Gasteiger partial charge in [0.25, 0.3) is 10.0 Å². The van der Waals surface area contributed by atoms with Gasteiger partial charge in [-0.2, -0.15) is 0 Å². The van der Waals surface area contributed by atoms with E-state index in [1.807, 2.05) is 12.1 Å². The van der Waals surface area contributed by atoms with Gasteiger partial charge in [0, 0.05) is 5.56 Å². The van der Waals surface area contributed by atoms with Crippen LogP contribution < -0.4 is 14.4 Å². The number of nitrogens with zero attached hydrogens (tertiary/aromatic N) is 3. The lowest BCUT2D eigenvalue weighted by Gasteiger charge is -2.23. The number of methoxy groups -OCH3 is 1. The molecule has 0 spiro atoms. The van der Waals surface area contributed by atoms with Crippen LogP contribution in [-0.2, 0) is 14.8 Å². The molecule has 1 aromatic heterocycles. The molecular formula is C23H20N4O4S2. The van der Waals surface area contributed by atoms with Crippen LogP contribution in [0.2, 0.25) is 0 Å². The minimum Gasteiger partial charge on any atom is -0.497 e. The minimum atomic E-state index is -3.96. The molecular weight excluding hydrogens is 460 g/mol. The maximum Gasteiger partial charge on any atom is 0.264 e. The summed E-state index contributed by atoms with van der Waals surface area (Å²) in [4.78, 5) is 12.9. The van der Waals surface area contributed by atoms with Gasteiger partial charge in [-0.25, -0.2) is 8.42 Å². The third kappa shape index (κ3) is 5.18. The van der Waals surface area contributed by atoms with E-state index in [9.17, 15) is 13.2 Å². The third-order valence-electron chi connectivity index (χ3n) is 4.67. The number of benzene rings is 3. The highest BCUT2D eigenvalue weighted by Gasteiger charge is 2.27. The molecule has 8 nitrogen and oxygen atoms in total. The van der Waals surface area contributed by atoms with E-state index >= 15 is 0 Å². The molecule has 10 heteroatoms. The van der Waals surface area contributed by atoms with Crippen LogP contribution in [0.15, 0.2) is 89.8 Å². The Labute approximate surface area is 195 Å². The van der Waals surface area contributed by atoms with Crippen molar-refractivity contribution in [2.75, 3.05) is 23.3 Å². The van der Waals surface area contributed by atoms with E-state index in [2.05, 4.69) is 15.5 Å². The summed E-state index contributed by atoms with van der Waals surface area (Å²) in [5, 5.41) is 11.7. The van der Waals surface area contributed by atoms with Gasteiger partial charge in [0.15, 0.2) is 0 Å². The van der Waals surface area contributed by atoms with Crippen molar-refractivity contribution in [2.24, 2.45) is 0 Å². The Kier molecular flexibility index (Phi) is 6.66. The number of hydrogen-bond acceptors (Lipinski definition) is 7. The topological polar surface area (TPSA) is 101 Å². The molecule has 33 heavy (non-hydrogen) atoms. The lowest BCUT2D eigenvalue weighted by Crippen LogP contribution is -2.38. The third-order valence-corrected chi connectivity index (χ3v) is 7.35. The molecule has 0 aliphatic carbocycles. The fraction of sp³-hybridized carbons (Fsp3) is 0.0870. The number of aromatic nitrogens is 2. The molecule has 0 aliphatic heterocycles. The van der Waals surface area contributed by atoms with E-state index in [0.717, 1.165) is 15.6 Å². The number of para-hydroxylation sites is 1. The number of carbonyl (C=O) groups excluding carboxylic acids is 1. The van der Waals surface area contributed by atoms with Crippen LogP contribution in [0.25, 0.3) is 10.6 Å². The average Bonchev–Trinajstić information content (AvgIpc) is 3.32. The normalized spacial score (nSPS) is 11.1. The van der Waals surface area contributed by atoms with Gasteiger partial charge in [0.2, 0.25) is 11.0 Å². The predicted octanol–water partition coefficient (Wildman–Crippen LogP) is 4.05. The summed E-state index contributed by atoms with van der Waals surface area (Å²) in [7, 11) is -2.37. The fourth-order valence-corrected chi connectivity index (χ4v) is 5.25. The number of hydrogen-bond donors (Lipinski definition) is 1. The molecule has 168 valence electrons. The zero-order valence-corrected chi connectivity index (χ0v) is 19.2. The van der Waals surface area contributed by atoms with E-state index in [4.69, 9.17) is 4.74 Å². The smallest absolute Gasteiger partial charge is 0.264 e. The Balaban J connectivity index is 1.54. The number of rotatable bonds is 8. The molecule has 4 rings (SSSR count). The van der Waals surface area contributed by atoms with Crippen molar-refractivity contribution in [3.63, 3.8) is 0 Å². The number of ether oxygens (including phenoxy) is 1. The summed E-state index contributed by atoms with van der Waals surface area (Å²) >= 11 is 1.19. The largest absolute Gasteiger partial charge is 0.497 e. The molecule has 0 unspecified atom stereocenters. The van der Waals surface area contributed by atoms with Gasteiger partial charge >= 0.3 is 0 Å². The maximum absolute atomic E-state index is 13.3. The molecule has 3 aromatic carbocycles. The lowest BCUT2D eigenvalue weighted by molar-refractivity contribution is -0.114. The van der Waals surface area contributed by atoms with Crippen LogP contribution in [0.1, 0.15) is 0 Å². The highest BCUT2D eigenvalue weighted by atomic mass is 32.2.